The normalized spacial score (nSPS) is 11.2. The third-order valence-electron chi connectivity index (χ3n) is 3.90. The van der Waals surface area contributed by atoms with Crippen LogP contribution >= 0.6 is 11.9 Å². The summed E-state index contributed by atoms with van der Waals surface area (Å²) in [5, 5.41) is 10.9. The van der Waals surface area contributed by atoms with E-state index < -0.39 is 0 Å². The maximum Gasteiger partial charge on any atom is 0.252 e. The molecule has 0 fully saturated rings. The second-order valence-electron chi connectivity index (χ2n) is 6.06. The van der Waals surface area contributed by atoms with Crippen molar-refractivity contribution in [1.29, 1.82) is 0 Å². The Hall–Kier alpha value is -2.58. The van der Waals surface area contributed by atoms with Crippen LogP contribution in [0.2, 0.25) is 0 Å². The van der Waals surface area contributed by atoms with Gasteiger partial charge in [-0.05, 0) is 56.6 Å². The van der Waals surface area contributed by atoms with Crippen LogP contribution in [0.4, 0.5) is 5.69 Å². The molecule has 3 aromatic rings. The minimum absolute atomic E-state index is 0.130. The molecule has 0 aliphatic heterocycles. The van der Waals surface area contributed by atoms with Crippen molar-refractivity contribution in [2.75, 3.05) is 18.9 Å². The number of anilines is 1. The number of hydrogen-bond donors (Lipinski definition) is 2. The van der Waals surface area contributed by atoms with E-state index in [1.165, 1.54) is 18.0 Å². The average Bonchev–Trinajstić information content (AvgIpc) is 3.03. The molecule has 8 heteroatoms. The van der Waals surface area contributed by atoms with E-state index in [-0.39, 0.29) is 18.0 Å². The quantitative estimate of drug-likeness (QED) is 0.651. The van der Waals surface area contributed by atoms with Crippen molar-refractivity contribution in [1.82, 2.24) is 19.1 Å². The third kappa shape index (κ3) is 4.14. The van der Waals surface area contributed by atoms with Gasteiger partial charge in [-0.1, -0.05) is 0 Å². The molecule has 0 saturated heterocycles. The van der Waals surface area contributed by atoms with Gasteiger partial charge in [0.15, 0.2) is 0 Å². The van der Waals surface area contributed by atoms with Crippen molar-refractivity contribution < 1.29 is 4.79 Å². The first-order chi connectivity index (χ1) is 12.5. The lowest BCUT2D eigenvalue weighted by atomic mass is 10.2. The molecule has 2 N–H and O–H groups in total. The lowest BCUT2D eigenvalue weighted by molar-refractivity contribution is -0.116. The second kappa shape index (κ2) is 7.76. The molecule has 0 aliphatic carbocycles. The summed E-state index contributed by atoms with van der Waals surface area (Å²) in [4.78, 5) is 25.1. The molecule has 0 spiro atoms. The number of aryl methyl sites for hydroxylation is 2. The van der Waals surface area contributed by atoms with Gasteiger partial charge in [0, 0.05) is 34.8 Å². The van der Waals surface area contributed by atoms with Gasteiger partial charge >= 0.3 is 0 Å². The summed E-state index contributed by atoms with van der Waals surface area (Å²) in [5.74, 6) is -0.179. The smallest absolute Gasteiger partial charge is 0.252 e. The standard InChI is InChI=1S/C18H21N5O2S/c1-4-23-6-5-14(9-17(23)25)20-16(24)11-22(3)26-15-8-12(2)7-13-10-19-21-18(13)15/h5-10H,4,11H2,1-3H3,(H,19,21)(H,20,24). The molecule has 0 radical (unpaired) electrons. The molecule has 2 heterocycles. The highest BCUT2D eigenvalue weighted by Gasteiger charge is 2.12. The summed E-state index contributed by atoms with van der Waals surface area (Å²) in [5.41, 5.74) is 2.47. The molecule has 0 atom stereocenters. The number of fused-ring (bicyclic) bond motifs is 1. The van der Waals surface area contributed by atoms with E-state index in [0.717, 1.165) is 21.4 Å². The van der Waals surface area contributed by atoms with E-state index in [1.54, 1.807) is 23.0 Å². The summed E-state index contributed by atoms with van der Waals surface area (Å²) >= 11 is 1.48. The lowest BCUT2D eigenvalue weighted by Gasteiger charge is -2.16. The Morgan fingerprint density at radius 3 is 2.92 bits per heavy atom. The van der Waals surface area contributed by atoms with Crippen LogP contribution in [0.25, 0.3) is 10.9 Å². The Bertz CT molecular complexity index is 995. The molecular weight excluding hydrogens is 350 g/mol. The number of amides is 1. The number of pyridine rings is 1. The molecule has 7 nitrogen and oxygen atoms in total. The van der Waals surface area contributed by atoms with Gasteiger partial charge in [-0.25, -0.2) is 4.31 Å². The van der Waals surface area contributed by atoms with Gasteiger partial charge in [0.25, 0.3) is 5.56 Å². The topological polar surface area (TPSA) is 83.0 Å². The maximum atomic E-state index is 12.3. The minimum Gasteiger partial charge on any atom is -0.325 e. The highest BCUT2D eigenvalue weighted by molar-refractivity contribution is 7.97. The lowest BCUT2D eigenvalue weighted by Crippen LogP contribution is -2.27. The van der Waals surface area contributed by atoms with Crippen molar-refractivity contribution >= 4 is 34.4 Å². The van der Waals surface area contributed by atoms with Crippen LogP contribution in [0.3, 0.4) is 0 Å². The first-order valence-electron chi connectivity index (χ1n) is 8.29. The number of likely N-dealkylation sites (N-methyl/N-ethyl adjacent to an activating group) is 1. The van der Waals surface area contributed by atoms with Crippen LogP contribution in [0.15, 0.2) is 46.3 Å². The van der Waals surface area contributed by atoms with Crippen LogP contribution < -0.4 is 10.9 Å². The maximum absolute atomic E-state index is 12.3. The van der Waals surface area contributed by atoms with Gasteiger partial charge in [0.1, 0.15) is 0 Å². The van der Waals surface area contributed by atoms with Crippen molar-refractivity contribution in [3.05, 3.63) is 52.6 Å². The van der Waals surface area contributed by atoms with Crippen LogP contribution in [0.1, 0.15) is 12.5 Å². The van der Waals surface area contributed by atoms with Gasteiger partial charge in [0.2, 0.25) is 5.91 Å². The number of rotatable bonds is 6. The molecule has 136 valence electrons. The Kier molecular flexibility index (Phi) is 5.43. The van der Waals surface area contributed by atoms with Gasteiger partial charge < -0.3 is 9.88 Å². The van der Waals surface area contributed by atoms with Crippen LogP contribution in [0, 0.1) is 6.92 Å². The first-order valence-corrected chi connectivity index (χ1v) is 9.07. The molecule has 0 unspecified atom stereocenters. The largest absolute Gasteiger partial charge is 0.325 e. The van der Waals surface area contributed by atoms with Crippen molar-refractivity contribution in [3.8, 4) is 0 Å². The number of nitrogens with one attached hydrogen (secondary N) is 2. The summed E-state index contributed by atoms with van der Waals surface area (Å²) < 4.78 is 3.42. The number of carbonyl (C=O) groups excluding carboxylic acids is 1. The molecule has 1 amide bonds. The van der Waals surface area contributed by atoms with E-state index >= 15 is 0 Å². The van der Waals surface area contributed by atoms with Gasteiger partial charge in [-0.15, -0.1) is 0 Å². The van der Waals surface area contributed by atoms with E-state index in [0.29, 0.717) is 12.2 Å². The molecule has 3 rings (SSSR count). The number of benzene rings is 1. The van der Waals surface area contributed by atoms with Crippen molar-refractivity contribution in [2.24, 2.45) is 0 Å². The number of aromatic nitrogens is 3. The van der Waals surface area contributed by atoms with E-state index in [4.69, 9.17) is 0 Å². The number of nitrogens with zero attached hydrogens (tertiary/aromatic N) is 3. The van der Waals surface area contributed by atoms with Gasteiger partial charge in [-0.3, -0.25) is 14.7 Å². The zero-order valence-electron chi connectivity index (χ0n) is 14.9. The fourth-order valence-corrected chi connectivity index (χ4v) is 3.70. The summed E-state index contributed by atoms with van der Waals surface area (Å²) in [6.07, 6.45) is 3.47. The highest BCUT2D eigenvalue weighted by Crippen LogP contribution is 2.29. The molecule has 0 aliphatic rings. The monoisotopic (exact) mass is 371 g/mol. The van der Waals surface area contributed by atoms with E-state index in [2.05, 4.69) is 27.6 Å². The number of aromatic amines is 1. The third-order valence-corrected chi connectivity index (χ3v) is 4.86. The van der Waals surface area contributed by atoms with Crippen molar-refractivity contribution in [3.63, 3.8) is 0 Å². The Morgan fingerprint density at radius 1 is 1.38 bits per heavy atom. The van der Waals surface area contributed by atoms with Gasteiger partial charge in [-0.2, -0.15) is 5.10 Å². The number of H-pyrrole nitrogens is 1. The predicted octanol–water partition coefficient (Wildman–Crippen LogP) is 2.63. The summed E-state index contributed by atoms with van der Waals surface area (Å²) in [7, 11) is 1.85. The van der Waals surface area contributed by atoms with E-state index in [1.807, 2.05) is 25.2 Å². The average molecular weight is 371 g/mol. The zero-order valence-corrected chi connectivity index (χ0v) is 15.8. The highest BCUT2D eigenvalue weighted by atomic mass is 32.2. The molecule has 0 saturated carbocycles. The zero-order chi connectivity index (χ0) is 18.7. The van der Waals surface area contributed by atoms with Crippen LogP contribution in [-0.4, -0.2) is 38.6 Å². The Balaban J connectivity index is 1.65. The fourth-order valence-electron chi connectivity index (χ4n) is 2.69. The first kappa shape index (κ1) is 18.2. The molecule has 26 heavy (non-hydrogen) atoms. The number of carbonyl (C=O) groups is 1. The van der Waals surface area contributed by atoms with Crippen molar-refractivity contribution in [2.45, 2.75) is 25.3 Å². The van der Waals surface area contributed by atoms with E-state index in [9.17, 15) is 9.59 Å². The van der Waals surface area contributed by atoms with Crippen LogP contribution in [-0.2, 0) is 11.3 Å². The summed E-state index contributed by atoms with van der Waals surface area (Å²) in [6, 6.07) is 7.28. The summed E-state index contributed by atoms with van der Waals surface area (Å²) in [6.45, 7) is 4.71. The Labute approximate surface area is 155 Å². The second-order valence-corrected chi connectivity index (χ2v) is 7.31. The molecule has 1 aromatic carbocycles. The predicted molar refractivity (Wildman–Crippen MR) is 104 cm³/mol. The van der Waals surface area contributed by atoms with Crippen LogP contribution in [0.5, 0.6) is 0 Å². The number of hydrogen-bond acceptors (Lipinski definition) is 5. The molecule has 2 aromatic heterocycles. The minimum atomic E-state index is -0.179. The van der Waals surface area contributed by atoms with Gasteiger partial charge in [0.05, 0.1) is 18.3 Å². The fraction of sp³-hybridized carbons (Fsp3) is 0.278. The molecular formula is C18H21N5O2S. The SMILES string of the molecule is CCn1ccc(NC(=O)CN(C)Sc2cc(C)cc3cn[nH]c23)cc1=O. The molecule has 0 bridgehead atoms. The Morgan fingerprint density at radius 2 is 2.19 bits per heavy atom.